The summed E-state index contributed by atoms with van der Waals surface area (Å²) in [7, 11) is -10.5. The van der Waals surface area contributed by atoms with E-state index in [0.29, 0.717) is 32.9 Å². The second-order valence-electron chi connectivity index (χ2n) is 14.1. The number of rotatable bonds is 9. The molecule has 0 amide bonds. The lowest BCUT2D eigenvalue weighted by Crippen LogP contribution is -2.33. The number of hydrogen-bond donors (Lipinski definition) is 0. The molecule has 0 saturated heterocycles. The van der Waals surface area contributed by atoms with E-state index in [2.05, 4.69) is 24.3 Å². The Kier molecular flexibility index (Phi) is 9.86. The zero-order valence-electron chi connectivity index (χ0n) is 31.1. The summed E-state index contributed by atoms with van der Waals surface area (Å²) in [5, 5.41) is 7.92. The Hall–Kier alpha value is -5.81. The van der Waals surface area contributed by atoms with Gasteiger partial charge in [0.2, 0.25) is 0 Å². The van der Waals surface area contributed by atoms with Crippen molar-refractivity contribution in [2.75, 3.05) is 0 Å². The molecule has 0 aliphatic heterocycles. The minimum absolute atomic E-state index is 0.659. The number of fused-ring (bicyclic) bond motifs is 2. The van der Waals surface area contributed by atoms with Crippen LogP contribution in [0.15, 0.2) is 212 Å². The smallest absolute Gasteiger partial charge is 0.172 e. The molecule has 57 heavy (non-hydrogen) atoms. The molecular formula is C51H39O3P3. The van der Waals surface area contributed by atoms with Crippen molar-refractivity contribution >= 4 is 92.1 Å². The van der Waals surface area contributed by atoms with Crippen LogP contribution in [0.25, 0.3) is 22.9 Å². The van der Waals surface area contributed by atoms with Gasteiger partial charge in [0.25, 0.3) is 0 Å². The van der Waals surface area contributed by atoms with Crippen molar-refractivity contribution in [2.24, 2.45) is 0 Å². The molecule has 0 bridgehead atoms. The lowest BCUT2D eigenvalue weighted by Gasteiger charge is -2.28. The van der Waals surface area contributed by atoms with Crippen molar-refractivity contribution < 1.29 is 13.7 Å². The van der Waals surface area contributed by atoms with E-state index in [9.17, 15) is 0 Å². The standard InChI is InChI=1S/C51H39O3P3/c52-55(39-21-7-1-8-22-39,40-23-9-2-10-24-40)48-35-37-50(46-32-18-6-17-31-44(46)48)57(54,43-29-15-5-16-30-43)51-38-36-49(45-33-19-20-34-47(45)51)56(53,41-25-11-3-12-26-41)42-27-13-4-14-28-42/h1-5,7-38H,6H2. The lowest BCUT2D eigenvalue weighted by molar-refractivity contribution is 0.591. The summed E-state index contributed by atoms with van der Waals surface area (Å²) in [5.74, 6) is 0. The molecule has 0 fully saturated rings. The molecule has 0 aromatic heterocycles. The summed E-state index contributed by atoms with van der Waals surface area (Å²) < 4.78 is 48.5. The summed E-state index contributed by atoms with van der Waals surface area (Å²) >= 11 is 0. The molecule has 9 rings (SSSR count). The summed E-state index contributed by atoms with van der Waals surface area (Å²) in [6.45, 7) is 0. The quantitative estimate of drug-likeness (QED) is 0.137. The Morgan fingerprint density at radius 3 is 0.912 bits per heavy atom. The van der Waals surface area contributed by atoms with E-state index < -0.39 is 21.4 Å². The van der Waals surface area contributed by atoms with Crippen molar-refractivity contribution in [1.82, 2.24) is 0 Å². The molecule has 3 nitrogen and oxygen atoms in total. The van der Waals surface area contributed by atoms with Crippen LogP contribution in [0.4, 0.5) is 0 Å². The maximum absolute atomic E-state index is 16.8. The van der Waals surface area contributed by atoms with Gasteiger partial charge in [-0.1, -0.05) is 200 Å². The normalized spacial score (nSPS) is 13.8. The Morgan fingerprint density at radius 2 is 0.544 bits per heavy atom. The molecule has 6 heteroatoms. The van der Waals surface area contributed by atoms with Crippen LogP contribution in [-0.4, -0.2) is 0 Å². The van der Waals surface area contributed by atoms with Gasteiger partial charge >= 0.3 is 0 Å². The fraction of sp³-hybridized carbons (Fsp3) is 0.0196. The van der Waals surface area contributed by atoms with Gasteiger partial charge in [0, 0.05) is 47.7 Å². The van der Waals surface area contributed by atoms with Crippen molar-refractivity contribution in [3.05, 3.63) is 223 Å². The average Bonchev–Trinajstić information content (AvgIpc) is 3.55. The van der Waals surface area contributed by atoms with E-state index >= 15 is 13.7 Å². The highest BCUT2D eigenvalue weighted by Gasteiger charge is 2.39. The van der Waals surface area contributed by atoms with Gasteiger partial charge in [-0.25, -0.2) is 0 Å². The SMILES string of the molecule is O=P(c1ccccc1)(c1ccccc1)c1ccc(P(=O)(c2ccccc2)c2ccc(P(=O)(c3ccccc3)c3ccccc3)c3ccccc23)c2c1C=CCC=C2. The Balaban J connectivity index is 1.34. The molecule has 8 aromatic carbocycles. The number of allylic oxidation sites excluding steroid dienone is 2. The van der Waals surface area contributed by atoms with Crippen molar-refractivity contribution in [3.63, 3.8) is 0 Å². The Labute approximate surface area is 334 Å². The molecule has 1 atom stereocenters. The van der Waals surface area contributed by atoms with Crippen molar-refractivity contribution in [1.29, 1.82) is 0 Å². The highest BCUT2D eigenvalue weighted by Crippen LogP contribution is 2.51. The van der Waals surface area contributed by atoms with Crippen LogP contribution in [0.5, 0.6) is 0 Å². The van der Waals surface area contributed by atoms with Crippen LogP contribution in [0.1, 0.15) is 17.5 Å². The summed E-state index contributed by atoms with van der Waals surface area (Å²) in [6.07, 6.45) is 8.95. The van der Waals surface area contributed by atoms with Crippen LogP contribution >= 0.6 is 21.4 Å². The molecule has 1 unspecified atom stereocenters. The fourth-order valence-electron chi connectivity index (χ4n) is 8.23. The zero-order valence-corrected chi connectivity index (χ0v) is 33.8. The van der Waals surface area contributed by atoms with Crippen molar-refractivity contribution in [2.45, 2.75) is 6.42 Å². The first-order valence-electron chi connectivity index (χ1n) is 19.1. The van der Waals surface area contributed by atoms with Crippen LogP contribution in [-0.2, 0) is 13.7 Å². The third-order valence-corrected chi connectivity index (χ3v) is 20.3. The van der Waals surface area contributed by atoms with Gasteiger partial charge in [-0.15, -0.1) is 0 Å². The number of benzene rings is 8. The molecule has 1 aliphatic carbocycles. The molecule has 0 spiro atoms. The monoisotopic (exact) mass is 792 g/mol. The second-order valence-corrected chi connectivity index (χ2v) is 22.3. The molecule has 0 radical (unpaired) electrons. The van der Waals surface area contributed by atoms with E-state index in [1.807, 2.05) is 200 Å². The highest BCUT2D eigenvalue weighted by molar-refractivity contribution is 7.87. The lowest BCUT2D eigenvalue weighted by atomic mass is 10.1. The Bertz CT molecular complexity index is 2860. The maximum atomic E-state index is 16.8. The number of hydrogen-bond acceptors (Lipinski definition) is 3. The first-order chi connectivity index (χ1) is 27.9. The molecule has 0 N–H and O–H groups in total. The largest absolute Gasteiger partial charge is 0.309 e. The zero-order chi connectivity index (χ0) is 38.9. The molecule has 1 aliphatic rings. The van der Waals surface area contributed by atoms with E-state index in [-0.39, 0.29) is 0 Å². The second kappa shape index (κ2) is 15.3. The highest BCUT2D eigenvalue weighted by atomic mass is 31.2. The van der Waals surface area contributed by atoms with Crippen molar-refractivity contribution in [3.8, 4) is 0 Å². The Morgan fingerprint density at radius 1 is 0.281 bits per heavy atom. The first-order valence-corrected chi connectivity index (χ1v) is 24.2. The van der Waals surface area contributed by atoms with E-state index in [0.717, 1.165) is 43.1 Å². The minimum atomic E-state index is -3.70. The summed E-state index contributed by atoms with van der Waals surface area (Å²) in [5.41, 5.74) is 1.58. The minimum Gasteiger partial charge on any atom is -0.309 e. The van der Waals surface area contributed by atoms with Gasteiger partial charge < -0.3 is 13.7 Å². The topological polar surface area (TPSA) is 51.2 Å². The van der Waals surface area contributed by atoms with Crippen LogP contribution in [0, 0.1) is 0 Å². The summed E-state index contributed by atoms with van der Waals surface area (Å²) in [4.78, 5) is 0. The molecule has 0 saturated carbocycles. The predicted molar refractivity (Wildman–Crippen MR) is 245 cm³/mol. The van der Waals surface area contributed by atoms with Crippen LogP contribution in [0.3, 0.4) is 0 Å². The van der Waals surface area contributed by atoms with E-state index in [1.165, 1.54) is 0 Å². The van der Waals surface area contributed by atoms with Gasteiger partial charge in [-0.3, -0.25) is 0 Å². The molecule has 0 heterocycles. The summed E-state index contributed by atoms with van der Waals surface area (Å²) in [6, 6.07) is 64.1. The van der Waals surface area contributed by atoms with Gasteiger partial charge in [-0.05, 0) is 52.6 Å². The van der Waals surface area contributed by atoms with E-state index in [4.69, 9.17) is 0 Å². The molecular weight excluding hydrogens is 753 g/mol. The maximum Gasteiger partial charge on any atom is 0.172 e. The molecule has 8 aromatic rings. The molecule has 276 valence electrons. The fourth-order valence-corrected chi connectivity index (χ4v) is 17.0. The van der Waals surface area contributed by atoms with E-state index in [1.54, 1.807) is 0 Å². The van der Waals surface area contributed by atoms with Gasteiger partial charge in [0.05, 0.1) is 0 Å². The third-order valence-electron chi connectivity index (χ3n) is 10.9. The van der Waals surface area contributed by atoms with Gasteiger partial charge in [-0.2, -0.15) is 0 Å². The van der Waals surface area contributed by atoms with Gasteiger partial charge in [0.1, 0.15) is 0 Å². The first kappa shape index (κ1) is 36.8. The predicted octanol–water partition coefficient (Wildman–Crippen LogP) is 9.19. The average molecular weight is 793 g/mol. The van der Waals surface area contributed by atoms with Crippen LogP contribution < -0.4 is 47.7 Å². The third kappa shape index (κ3) is 6.19. The van der Waals surface area contributed by atoms with Crippen LogP contribution in [0.2, 0.25) is 0 Å². The van der Waals surface area contributed by atoms with Gasteiger partial charge in [0.15, 0.2) is 21.4 Å².